The average molecular weight is 358 g/mol. The second-order valence-corrected chi connectivity index (χ2v) is 7.20. The van der Waals surface area contributed by atoms with E-state index in [1.807, 2.05) is 6.92 Å². The Bertz CT molecular complexity index is 544. The normalized spacial score (nSPS) is 39.0. The molecular weight excluding hydrogens is 334 g/mol. The van der Waals surface area contributed by atoms with Gasteiger partial charge in [0.15, 0.2) is 0 Å². The van der Waals surface area contributed by atoms with Crippen LogP contribution in [0.15, 0.2) is 0 Å². The molecular formula is C16H24ClN3O4. The van der Waals surface area contributed by atoms with Gasteiger partial charge in [-0.25, -0.2) is 0 Å². The van der Waals surface area contributed by atoms with Gasteiger partial charge in [-0.2, -0.15) is 0 Å². The van der Waals surface area contributed by atoms with Crippen LogP contribution in [0.1, 0.15) is 26.7 Å². The number of amides is 3. The van der Waals surface area contributed by atoms with E-state index in [9.17, 15) is 14.4 Å². The van der Waals surface area contributed by atoms with Gasteiger partial charge >= 0.3 is 0 Å². The van der Waals surface area contributed by atoms with E-state index in [1.165, 1.54) is 4.90 Å². The number of hydrogen-bond donors (Lipinski definition) is 1. The van der Waals surface area contributed by atoms with E-state index in [0.29, 0.717) is 13.1 Å². The topological polar surface area (TPSA) is 79.0 Å². The Hall–Kier alpha value is -1.18. The quantitative estimate of drug-likeness (QED) is 0.691. The molecule has 6 unspecified atom stereocenters. The lowest BCUT2D eigenvalue weighted by atomic mass is 9.81. The van der Waals surface area contributed by atoms with E-state index >= 15 is 0 Å². The van der Waals surface area contributed by atoms with Crippen LogP contribution in [-0.4, -0.2) is 71.4 Å². The van der Waals surface area contributed by atoms with Gasteiger partial charge in [-0.3, -0.25) is 19.3 Å². The van der Waals surface area contributed by atoms with E-state index in [1.54, 1.807) is 11.8 Å². The monoisotopic (exact) mass is 357 g/mol. The van der Waals surface area contributed by atoms with Crippen molar-refractivity contribution in [3.8, 4) is 0 Å². The molecule has 0 spiro atoms. The van der Waals surface area contributed by atoms with E-state index in [-0.39, 0.29) is 60.2 Å². The lowest BCUT2D eigenvalue weighted by Crippen LogP contribution is -2.57. The van der Waals surface area contributed by atoms with E-state index in [4.69, 9.17) is 4.74 Å². The van der Waals surface area contributed by atoms with Crippen LogP contribution < -0.4 is 5.32 Å². The molecule has 4 saturated heterocycles. The van der Waals surface area contributed by atoms with Crippen LogP contribution in [0.3, 0.4) is 0 Å². The fourth-order valence-corrected chi connectivity index (χ4v) is 4.62. The first-order chi connectivity index (χ1) is 11.0. The zero-order valence-corrected chi connectivity index (χ0v) is 14.8. The highest BCUT2D eigenvalue weighted by atomic mass is 35.5. The maximum Gasteiger partial charge on any atom is 0.245 e. The number of ether oxygens (including phenoxy) is 1. The number of carbonyl (C=O) groups excluding carboxylic acids is 3. The molecule has 0 saturated carbocycles. The molecule has 1 N–H and O–H groups in total. The van der Waals surface area contributed by atoms with Crippen molar-refractivity contribution >= 4 is 30.1 Å². The minimum atomic E-state index is -0.717. The summed E-state index contributed by atoms with van der Waals surface area (Å²) in [4.78, 5) is 41.2. The van der Waals surface area contributed by atoms with Crippen molar-refractivity contribution < 1.29 is 19.1 Å². The number of nitrogens with one attached hydrogen (secondary N) is 1. The van der Waals surface area contributed by atoms with Crippen LogP contribution in [0.2, 0.25) is 0 Å². The van der Waals surface area contributed by atoms with Crippen molar-refractivity contribution in [3.63, 3.8) is 0 Å². The van der Waals surface area contributed by atoms with Crippen LogP contribution in [0.25, 0.3) is 0 Å². The van der Waals surface area contributed by atoms with Gasteiger partial charge < -0.3 is 15.0 Å². The Morgan fingerprint density at radius 2 is 1.79 bits per heavy atom. The number of nitrogens with zero attached hydrogens (tertiary/aromatic N) is 2. The van der Waals surface area contributed by atoms with Gasteiger partial charge in [0.05, 0.1) is 24.0 Å². The zero-order valence-electron chi connectivity index (χ0n) is 13.9. The molecule has 7 nitrogen and oxygen atoms in total. The van der Waals surface area contributed by atoms with Gasteiger partial charge in [0.2, 0.25) is 17.7 Å². The average Bonchev–Trinajstić information content (AvgIpc) is 3.20. The fraction of sp³-hybridized carbons (Fsp3) is 0.812. The van der Waals surface area contributed by atoms with Crippen LogP contribution in [0, 0.1) is 11.8 Å². The fourth-order valence-electron chi connectivity index (χ4n) is 4.62. The largest absolute Gasteiger partial charge is 0.373 e. The molecule has 4 aliphatic heterocycles. The number of hydrogen-bond acceptors (Lipinski definition) is 5. The summed E-state index contributed by atoms with van der Waals surface area (Å²) in [5, 5.41) is 3.29. The summed E-state index contributed by atoms with van der Waals surface area (Å²) in [6.45, 7) is 5.67. The van der Waals surface area contributed by atoms with Crippen molar-refractivity contribution in [2.24, 2.45) is 11.8 Å². The van der Waals surface area contributed by atoms with E-state index in [2.05, 4.69) is 5.32 Å². The minimum Gasteiger partial charge on any atom is -0.373 e. The summed E-state index contributed by atoms with van der Waals surface area (Å²) in [6.07, 6.45) is 1.42. The van der Waals surface area contributed by atoms with Gasteiger partial charge in [0, 0.05) is 25.7 Å². The number of carbonyl (C=O) groups is 3. The molecule has 4 heterocycles. The summed E-state index contributed by atoms with van der Waals surface area (Å²) >= 11 is 0. The number of imide groups is 1. The molecule has 2 bridgehead atoms. The number of likely N-dealkylation sites (tertiary alicyclic amines) is 1. The summed E-state index contributed by atoms with van der Waals surface area (Å²) in [5.74, 6) is -1.28. The van der Waals surface area contributed by atoms with Crippen LogP contribution in [0.5, 0.6) is 0 Å². The number of halogens is 1. The highest BCUT2D eigenvalue weighted by molar-refractivity contribution is 6.09. The van der Waals surface area contributed by atoms with Gasteiger partial charge in [0.25, 0.3) is 0 Å². The molecule has 8 heteroatoms. The number of fused-ring (bicyclic) bond motifs is 5. The maximum absolute atomic E-state index is 12.7. The lowest BCUT2D eigenvalue weighted by molar-refractivity contribution is -0.153. The molecule has 3 amide bonds. The molecule has 6 atom stereocenters. The summed E-state index contributed by atoms with van der Waals surface area (Å²) in [5.41, 5.74) is 0. The van der Waals surface area contributed by atoms with E-state index < -0.39 is 6.04 Å². The van der Waals surface area contributed by atoms with Crippen molar-refractivity contribution in [1.82, 2.24) is 15.1 Å². The lowest BCUT2D eigenvalue weighted by Gasteiger charge is -2.35. The van der Waals surface area contributed by atoms with Gasteiger partial charge in [0.1, 0.15) is 6.04 Å². The Balaban J connectivity index is 0.00000169. The first kappa shape index (κ1) is 17.6. The summed E-state index contributed by atoms with van der Waals surface area (Å²) < 4.78 is 5.73. The number of piperazine rings is 1. The third kappa shape index (κ3) is 2.45. The highest BCUT2D eigenvalue weighted by Crippen LogP contribution is 2.48. The first-order valence-electron chi connectivity index (χ1n) is 8.53. The predicted molar refractivity (Wildman–Crippen MR) is 87.5 cm³/mol. The first-order valence-corrected chi connectivity index (χ1v) is 8.53. The smallest absolute Gasteiger partial charge is 0.245 e. The molecule has 0 aromatic rings. The van der Waals surface area contributed by atoms with Gasteiger partial charge in [-0.15, -0.1) is 12.4 Å². The summed E-state index contributed by atoms with van der Waals surface area (Å²) in [6, 6.07) is -0.487. The molecule has 24 heavy (non-hydrogen) atoms. The highest BCUT2D eigenvalue weighted by Gasteiger charge is 2.63. The van der Waals surface area contributed by atoms with E-state index in [0.717, 1.165) is 19.4 Å². The third-order valence-corrected chi connectivity index (χ3v) is 5.74. The zero-order chi connectivity index (χ0) is 16.3. The standard InChI is InChI=1S/C16H23N3O4.ClH/c1-8-7-18(6-5-17-8)14(20)9(2)19-15(21)12-10-3-4-11(23-10)13(12)16(19)22;/h8-13,17H,3-7H2,1-2H3;1H. The molecule has 4 rings (SSSR count). The van der Waals surface area contributed by atoms with Crippen molar-refractivity contribution in [1.29, 1.82) is 0 Å². The molecule has 0 aliphatic carbocycles. The Kier molecular flexibility index (Phi) is 4.61. The molecule has 0 radical (unpaired) electrons. The van der Waals surface area contributed by atoms with Crippen LogP contribution in [0.4, 0.5) is 0 Å². The summed E-state index contributed by atoms with van der Waals surface area (Å²) in [7, 11) is 0. The van der Waals surface area contributed by atoms with Crippen LogP contribution in [-0.2, 0) is 19.1 Å². The Morgan fingerprint density at radius 3 is 2.33 bits per heavy atom. The molecule has 0 aromatic carbocycles. The molecule has 4 fully saturated rings. The van der Waals surface area contributed by atoms with Gasteiger partial charge in [-0.1, -0.05) is 0 Å². The Morgan fingerprint density at radius 1 is 1.21 bits per heavy atom. The van der Waals surface area contributed by atoms with Gasteiger partial charge in [-0.05, 0) is 26.7 Å². The second kappa shape index (κ2) is 6.28. The van der Waals surface area contributed by atoms with Crippen molar-refractivity contribution in [2.45, 2.75) is 51.0 Å². The number of rotatable bonds is 2. The Labute approximate surface area is 147 Å². The van der Waals surface area contributed by atoms with Crippen LogP contribution >= 0.6 is 12.4 Å². The third-order valence-electron chi connectivity index (χ3n) is 5.74. The molecule has 4 aliphatic rings. The van der Waals surface area contributed by atoms with Crippen molar-refractivity contribution in [3.05, 3.63) is 0 Å². The molecule has 0 aromatic heterocycles. The molecule has 134 valence electrons. The SMILES string of the molecule is CC1CN(C(=O)C(C)N2C(=O)C3C4CCC(O4)C3C2=O)CCN1.Cl. The predicted octanol–water partition coefficient (Wildman–Crippen LogP) is -0.221. The maximum atomic E-state index is 12.7. The second-order valence-electron chi connectivity index (χ2n) is 7.20. The van der Waals surface area contributed by atoms with Crippen molar-refractivity contribution in [2.75, 3.05) is 19.6 Å². The minimum absolute atomic E-state index is 0.